The van der Waals surface area contributed by atoms with E-state index in [9.17, 15) is 27.9 Å². The van der Waals surface area contributed by atoms with Crippen LogP contribution in [0.15, 0.2) is 48.5 Å². The zero-order valence-corrected chi connectivity index (χ0v) is 22.2. The maximum atomic E-state index is 12.8. The van der Waals surface area contributed by atoms with Gasteiger partial charge in [-0.25, -0.2) is 0 Å². The summed E-state index contributed by atoms with van der Waals surface area (Å²) in [6.07, 6.45) is 9.14. The fourth-order valence-electron chi connectivity index (χ4n) is 4.13. The normalized spacial score (nSPS) is 11.1. The molecule has 2 aromatic rings. The number of carboxylic acid groups (broad SMARTS) is 1. The quantitative estimate of drug-likeness (QED) is 0.187. The summed E-state index contributed by atoms with van der Waals surface area (Å²) >= 11 is 0. The van der Waals surface area contributed by atoms with Crippen molar-refractivity contribution in [1.82, 2.24) is 4.90 Å². The summed E-state index contributed by atoms with van der Waals surface area (Å²) in [7, 11) is 0. The van der Waals surface area contributed by atoms with Gasteiger partial charge < -0.3 is 10.0 Å². The summed E-state index contributed by atoms with van der Waals surface area (Å²) in [6.45, 7) is 1.68. The van der Waals surface area contributed by atoms with Crippen LogP contribution in [-0.4, -0.2) is 28.4 Å². The van der Waals surface area contributed by atoms with Crippen LogP contribution in [0.3, 0.4) is 0 Å². The number of hydrogen-bond acceptors (Lipinski definition) is 2. The van der Waals surface area contributed by atoms with Crippen molar-refractivity contribution in [3.63, 3.8) is 0 Å². The molecule has 0 fully saturated rings. The number of benzene rings is 2. The Hall–Kier alpha value is -3.27. The molecule has 0 bridgehead atoms. The number of carboxylic acids is 1. The van der Waals surface area contributed by atoms with Gasteiger partial charge in [0.2, 0.25) is 0 Å². The highest BCUT2D eigenvalue weighted by Crippen LogP contribution is 2.29. The summed E-state index contributed by atoms with van der Waals surface area (Å²) < 4.78 is 38.4. The van der Waals surface area contributed by atoms with Crippen LogP contribution in [0, 0.1) is 11.8 Å². The Bertz CT molecular complexity index is 1050. The molecule has 0 saturated carbocycles. The van der Waals surface area contributed by atoms with Crippen LogP contribution in [-0.2, 0) is 17.5 Å². The summed E-state index contributed by atoms with van der Waals surface area (Å²) in [5.74, 6) is 4.47. The van der Waals surface area contributed by atoms with E-state index in [-0.39, 0.29) is 12.1 Å². The van der Waals surface area contributed by atoms with Crippen LogP contribution in [0.4, 0.5) is 13.2 Å². The SMILES string of the molecule is CCCCCCCCCCCCC#Cc1ccc(CN(CC(=O)O)C(=O)c2ccc(C(F)(F)F)cc2)cc1. The lowest BCUT2D eigenvalue weighted by Crippen LogP contribution is -2.35. The molecule has 1 N–H and O–H groups in total. The second kappa shape index (κ2) is 16.5. The lowest BCUT2D eigenvalue weighted by Gasteiger charge is -2.21. The monoisotopic (exact) mass is 529 g/mol. The Morgan fingerprint density at radius 1 is 0.816 bits per heavy atom. The lowest BCUT2D eigenvalue weighted by molar-refractivity contribution is -0.138. The van der Waals surface area contributed by atoms with Crippen molar-refractivity contribution in [3.05, 3.63) is 70.8 Å². The third-order valence-corrected chi connectivity index (χ3v) is 6.29. The average molecular weight is 530 g/mol. The molecular formula is C31H38F3NO3. The van der Waals surface area contributed by atoms with Gasteiger partial charge in [0, 0.05) is 24.1 Å². The van der Waals surface area contributed by atoms with Gasteiger partial charge in [-0.05, 0) is 48.4 Å². The molecular weight excluding hydrogens is 491 g/mol. The molecule has 0 aliphatic rings. The van der Waals surface area contributed by atoms with Crippen molar-refractivity contribution in [3.8, 4) is 11.8 Å². The molecule has 0 heterocycles. The predicted octanol–water partition coefficient (Wildman–Crippen LogP) is 8.09. The van der Waals surface area contributed by atoms with Crippen molar-refractivity contribution in [2.24, 2.45) is 0 Å². The zero-order chi connectivity index (χ0) is 27.8. The van der Waals surface area contributed by atoms with Crippen molar-refractivity contribution in [2.45, 2.75) is 90.3 Å². The van der Waals surface area contributed by atoms with E-state index in [4.69, 9.17) is 0 Å². The molecule has 0 aromatic heterocycles. The standard InChI is InChI=1S/C31H38F3NO3/c1-2-3-4-5-6-7-8-9-10-11-12-13-14-25-15-17-26(18-16-25)23-35(24-29(36)37)30(38)27-19-21-28(22-20-27)31(32,33)34/h15-22H,2-12,23-24H2,1H3,(H,36,37). The van der Waals surface area contributed by atoms with Crippen molar-refractivity contribution in [1.29, 1.82) is 0 Å². The van der Waals surface area contributed by atoms with E-state index in [1.54, 1.807) is 12.1 Å². The lowest BCUT2D eigenvalue weighted by atomic mass is 10.1. The Kier molecular flexibility index (Phi) is 13.5. The Morgan fingerprint density at radius 3 is 1.89 bits per heavy atom. The first-order valence-electron chi connectivity index (χ1n) is 13.5. The van der Waals surface area contributed by atoms with E-state index in [0.717, 1.165) is 47.6 Å². The van der Waals surface area contributed by atoms with Gasteiger partial charge in [-0.2, -0.15) is 13.2 Å². The maximum absolute atomic E-state index is 12.8. The van der Waals surface area contributed by atoms with E-state index in [1.165, 1.54) is 57.8 Å². The number of nitrogens with zero attached hydrogens (tertiary/aromatic N) is 1. The predicted molar refractivity (Wildman–Crippen MR) is 144 cm³/mol. The van der Waals surface area contributed by atoms with Gasteiger partial charge in [-0.15, -0.1) is 0 Å². The van der Waals surface area contributed by atoms with Gasteiger partial charge in [-0.3, -0.25) is 9.59 Å². The number of carbonyl (C=O) groups is 2. The third-order valence-electron chi connectivity index (χ3n) is 6.29. The van der Waals surface area contributed by atoms with Gasteiger partial charge in [0.05, 0.1) is 5.56 Å². The van der Waals surface area contributed by atoms with Gasteiger partial charge in [0.1, 0.15) is 6.54 Å². The number of amides is 1. The average Bonchev–Trinajstić information content (AvgIpc) is 2.88. The maximum Gasteiger partial charge on any atom is 0.416 e. The van der Waals surface area contributed by atoms with E-state index < -0.39 is 30.2 Å². The molecule has 0 unspecified atom stereocenters. The Labute approximate surface area is 224 Å². The molecule has 2 aromatic carbocycles. The molecule has 2 rings (SSSR count). The highest BCUT2D eigenvalue weighted by Gasteiger charge is 2.30. The van der Waals surface area contributed by atoms with Crippen molar-refractivity contribution in [2.75, 3.05) is 6.54 Å². The fraction of sp³-hybridized carbons (Fsp3) is 0.484. The smallest absolute Gasteiger partial charge is 0.416 e. The molecule has 0 aliphatic heterocycles. The summed E-state index contributed by atoms with van der Waals surface area (Å²) in [4.78, 5) is 25.2. The van der Waals surface area contributed by atoms with E-state index >= 15 is 0 Å². The molecule has 1 amide bonds. The van der Waals surface area contributed by atoms with Crippen LogP contribution in [0.2, 0.25) is 0 Å². The molecule has 0 atom stereocenters. The van der Waals surface area contributed by atoms with Crippen LogP contribution in [0.5, 0.6) is 0 Å². The van der Waals surface area contributed by atoms with Crippen LogP contribution >= 0.6 is 0 Å². The molecule has 4 nitrogen and oxygen atoms in total. The number of unbranched alkanes of at least 4 members (excludes halogenated alkanes) is 10. The topological polar surface area (TPSA) is 57.6 Å². The van der Waals surface area contributed by atoms with E-state index in [0.29, 0.717) is 5.56 Å². The molecule has 206 valence electrons. The second-order valence-electron chi connectivity index (χ2n) is 9.56. The molecule has 7 heteroatoms. The number of alkyl halides is 3. The Balaban J connectivity index is 1.82. The van der Waals surface area contributed by atoms with Crippen LogP contribution in [0.25, 0.3) is 0 Å². The van der Waals surface area contributed by atoms with Crippen LogP contribution < -0.4 is 0 Å². The zero-order valence-electron chi connectivity index (χ0n) is 22.2. The third kappa shape index (κ3) is 11.9. The number of aliphatic carboxylic acids is 1. The summed E-state index contributed by atoms with van der Waals surface area (Å²) in [5, 5.41) is 9.23. The van der Waals surface area contributed by atoms with Gasteiger partial charge in [0.25, 0.3) is 5.91 Å². The minimum Gasteiger partial charge on any atom is -0.480 e. The number of halogens is 3. The molecule has 0 saturated heterocycles. The molecule has 0 spiro atoms. The minimum atomic E-state index is -4.51. The molecule has 38 heavy (non-hydrogen) atoms. The van der Waals surface area contributed by atoms with Gasteiger partial charge in [-0.1, -0.05) is 88.7 Å². The highest BCUT2D eigenvalue weighted by molar-refractivity contribution is 5.95. The number of carbonyl (C=O) groups excluding carboxylic acids is 1. The minimum absolute atomic E-state index is 0.00582. The Morgan fingerprint density at radius 2 is 1.37 bits per heavy atom. The van der Waals surface area contributed by atoms with Crippen molar-refractivity contribution >= 4 is 11.9 Å². The first kappa shape index (κ1) is 31.0. The summed E-state index contributed by atoms with van der Waals surface area (Å²) in [6, 6.07) is 11.0. The van der Waals surface area contributed by atoms with Crippen LogP contribution in [0.1, 0.15) is 105 Å². The first-order chi connectivity index (χ1) is 18.2. The number of rotatable bonds is 15. The van der Waals surface area contributed by atoms with E-state index in [1.807, 2.05) is 12.1 Å². The van der Waals surface area contributed by atoms with Gasteiger partial charge >= 0.3 is 12.1 Å². The largest absolute Gasteiger partial charge is 0.480 e. The fourth-order valence-corrected chi connectivity index (χ4v) is 4.13. The second-order valence-corrected chi connectivity index (χ2v) is 9.56. The molecule has 0 radical (unpaired) electrons. The summed E-state index contributed by atoms with van der Waals surface area (Å²) in [5.41, 5.74) is 0.656. The highest BCUT2D eigenvalue weighted by atomic mass is 19.4. The molecule has 0 aliphatic carbocycles. The van der Waals surface area contributed by atoms with Crippen molar-refractivity contribution < 1.29 is 27.9 Å². The number of hydrogen-bond donors (Lipinski definition) is 1. The van der Waals surface area contributed by atoms with Gasteiger partial charge in [0.15, 0.2) is 0 Å². The first-order valence-corrected chi connectivity index (χ1v) is 13.5. The van der Waals surface area contributed by atoms with E-state index in [2.05, 4.69) is 18.8 Å².